The number of fused-ring (bicyclic) bond motifs is 1. The van der Waals surface area contributed by atoms with E-state index < -0.39 is 36.2 Å². The van der Waals surface area contributed by atoms with Gasteiger partial charge in [-0.3, -0.25) is 9.59 Å². The van der Waals surface area contributed by atoms with E-state index >= 15 is 0 Å². The summed E-state index contributed by atoms with van der Waals surface area (Å²) in [6.45, 7) is 4.61. The maximum absolute atomic E-state index is 12.4. The van der Waals surface area contributed by atoms with Gasteiger partial charge in [0.1, 0.15) is 18.2 Å². The van der Waals surface area contributed by atoms with E-state index in [1.807, 2.05) is 24.3 Å². The molecule has 2 rings (SSSR count). The molecule has 0 fully saturated rings. The van der Waals surface area contributed by atoms with Crippen LogP contribution < -0.4 is 10.6 Å². The molecule has 0 spiro atoms. The highest BCUT2D eigenvalue weighted by Gasteiger charge is 2.25. The number of carboxylic acid groups (broad SMARTS) is 1. The number of aromatic nitrogens is 1. The second-order valence-corrected chi connectivity index (χ2v) is 6.87. The molecule has 26 heavy (non-hydrogen) atoms. The van der Waals surface area contributed by atoms with Crippen LogP contribution in [0.5, 0.6) is 0 Å². The third-order valence-electron chi connectivity index (χ3n) is 3.52. The predicted octanol–water partition coefficient (Wildman–Crippen LogP) is 1.80. The van der Waals surface area contributed by atoms with E-state index in [1.165, 1.54) is 0 Å². The van der Waals surface area contributed by atoms with Gasteiger partial charge >= 0.3 is 12.1 Å². The standard InChI is InChI=1S/C18H23N3O5/c1-18(2,3)26-17(25)21-14(16(24)20-10-15(22)23)8-11-9-19-13-7-5-4-6-12(11)13/h4-7,9,14,19H,8,10H2,1-3H3,(H,20,24)(H,21,25)(H,22,23). The fraction of sp³-hybridized carbons (Fsp3) is 0.389. The maximum Gasteiger partial charge on any atom is 0.408 e. The van der Waals surface area contributed by atoms with Crippen LogP contribution in [0.25, 0.3) is 10.9 Å². The lowest BCUT2D eigenvalue weighted by molar-refractivity contribution is -0.138. The molecule has 0 saturated heterocycles. The van der Waals surface area contributed by atoms with Gasteiger partial charge in [0.2, 0.25) is 5.91 Å². The summed E-state index contributed by atoms with van der Waals surface area (Å²) in [6.07, 6.45) is 1.21. The summed E-state index contributed by atoms with van der Waals surface area (Å²) in [7, 11) is 0. The zero-order valence-corrected chi connectivity index (χ0v) is 15.0. The lowest BCUT2D eigenvalue weighted by Crippen LogP contribution is -2.50. The van der Waals surface area contributed by atoms with Crippen molar-refractivity contribution >= 4 is 28.9 Å². The molecule has 1 unspecified atom stereocenters. The van der Waals surface area contributed by atoms with E-state index in [9.17, 15) is 14.4 Å². The molecular weight excluding hydrogens is 338 g/mol. The Labute approximate surface area is 150 Å². The lowest BCUT2D eigenvalue weighted by Gasteiger charge is -2.23. The number of ether oxygens (including phenoxy) is 1. The summed E-state index contributed by atoms with van der Waals surface area (Å²) in [6, 6.07) is 6.60. The monoisotopic (exact) mass is 361 g/mol. The zero-order valence-electron chi connectivity index (χ0n) is 15.0. The van der Waals surface area contributed by atoms with Gasteiger partial charge in [0, 0.05) is 23.5 Å². The quantitative estimate of drug-likeness (QED) is 0.625. The normalized spacial score (nSPS) is 12.4. The van der Waals surface area contributed by atoms with Gasteiger partial charge in [-0.05, 0) is 32.4 Å². The molecule has 0 aliphatic rings. The largest absolute Gasteiger partial charge is 0.480 e. The van der Waals surface area contributed by atoms with Crippen molar-refractivity contribution in [2.24, 2.45) is 0 Å². The van der Waals surface area contributed by atoms with Gasteiger partial charge in [-0.25, -0.2) is 4.79 Å². The first-order chi connectivity index (χ1) is 12.2. The van der Waals surface area contributed by atoms with Gasteiger partial charge in [-0.1, -0.05) is 18.2 Å². The molecule has 8 heteroatoms. The molecule has 2 aromatic rings. The molecule has 2 amide bonds. The molecule has 0 saturated carbocycles. The number of para-hydroxylation sites is 1. The highest BCUT2D eigenvalue weighted by atomic mass is 16.6. The van der Waals surface area contributed by atoms with E-state index in [2.05, 4.69) is 15.6 Å². The minimum absolute atomic E-state index is 0.189. The molecule has 1 atom stereocenters. The van der Waals surface area contributed by atoms with Crippen LogP contribution in [0.2, 0.25) is 0 Å². The SMILES string of the molecule is CC(C)(C)OC(=O)NC(Cc1c[nH]c2ccccc12)C(=O)NCC(=O)O. The number of carbonyl (C=O) groups is 3. The number of nitrogens with one attached hydrogen (secondary N) is 3. The second-order valence-electron chi connectivity index (χ2n) is 6.87. The molecule has 4 N–H and O–H groups in total. The summed E-state index contributed by atoms with van der Waals surface area (Å²) in [5, 5.41) is 14.5. The smallest absolute Gasteiger partial charge is 0.408 e. The Hall–Kier alpha value is -3.03. The molecule has 8 nitrogen and oxygen atoms in total. The number of benzene rings is 1. The predicted molar refractivity (Wildman–Crippen MR) is 95.8 cm³/mol. The Morgan fingerprint density at radius 2 is 1.92 bits per heavy atom. The Bertz CT molecular complexity index is 807. The van der Waals surface area contributed by atoms with Gasteiger partial charge in [-0.2, -0.15) is 0 Å². The maximum atomic E-state index is 12.4. The third kappa shape index (κ3) is 5.51. The van der Waals surface area contributed by atoms with Gasteiger partial charge in [0.25, 0.3) is 0 Å². The van der Waals surface area contributed by atoms with Crippen molar-refractivity contribution < 1.29 is 24.2 Å². The molecule has 1 aromatic heterocycles. The van der Waals surface area contributed by atoms with Gasteiger partial charge < -0.3 is 25.5 Å². The summed E-state index contributed by atoms with van der Waals surface area (Å²) in [4.78, 5) is 38.2. The first-order valence-corrected chi connectivity index (χ1v) is 8.20. The van der Waals surface area contributed by atoms with Crippen LogP contribution in [0, 0.1) is 0 Å². The Morgan fingerprint density at radius 3 is 2.58 bits per heavy atom. The topological polar surface area (TPSA) is 121 Å². The molecule has 0 aliphatic heterocycles. The van der Waals surface area contributed by atoms with Gasteiger partial charge in [-0.15, -0.1) is 0 Å². The second kappa shape index (κ2) is 7.90. The summed E-state index contributed by atoms with van der Waals surface area (Å²) < 4.78 is 5.20. The summed E-state index contributed by atoms with van der Waals surface area (Å²) in [5.41, 5.74) is 1.02. The van der Waals surface area contributed by atoms with E-state index in [4.69, 9.17) is 9.84 Å². The molecule has 0 radical (unpaired) electrons. The fourth-order valence-corrected chi connectivity index (χ4v) is 2.47. The van der Waals surface area contributed by atoms with Crippen molar-refractivity contribution in [3.63, 3.8) is 0 Å². The van der Waals surface area contributed by atoms with Gasteiger partial charge in [0.15, 0.2) is 0 Å². The highest BCUT2D eigenvalue weighted by Crippen LogP contribution is 2.19. The first kappa shape index (κ1) is 19.3. The molecular formula is C18H23N3O5. The number of H-pyrrole nitrogens is 1. The Balaban J connectivity index is 2.17. The number of rotatable bonds is 6. The van der Waals surface area contributed by atoms with Crippen molar-refractivity contribution in [3.05, 3.63) is 36.0 Å². The number of carbonyl (C=O) groups excluding carboxylic acids is 2. The van der Waals surface area contributed by atoms with Gasteiger partial charge in [0.05, 0.1) is 0 Å². The van der Waals surface area contributed by atoms with Crippen molar-refractivity contribution in [2.75, 3.05) is 6.54 Å². The average molecular weight is 361 g/mol. The molecule has 0 aliphatic carbocycles. The average Bonchev–Trinajstić information content (AvgIpc) is 2.93. The van der Waals surface area contributed by atoms with E-state index in [1.54, 1.807) is 27.0 Å². The van der Waals surface area contributed by atoms with Crippen LogP contribution in [0.1, 0.15) is 26.3 Å². The van der Waals surface area contributed by atoms with E-state index in [0.717, 1.165) is 16.5 Å². The Morgan fingerprint density at radius 1 is 1.23 bits per heavy atom. The Kier molecular flexibility index (Phi) is 5.86. The molecule has 140 valence electrons. The minimum atomic E-state index is -1.17. The highest BCUT2D eigenvalue weighted by molar-refractivity contribution is 5.89. The van der Waals surface area contributed by atoms with E-state index in [-0.39, 0.29) is 6.42 Å². The molecule has 1 aromatic carbocycles. The fourth-order valence-electron chi connectivity index (χ4n) is 2.47. The third-order valence-corrected chi connectivity index (χ3v) is 3.52. The van der Waals surface area contributed by atoms with Crippen molar-refractivity contribution in [1.29, 1.82) is 0 Å². The van der Waals surface area contributed by atoms with Crippen molar-refractivity contribution in [1.82, 2.24) is 15.6 Å². The number of hydrogen-bond donors (Lipinski definition) is 4. The minimum Gasteiger partial charge on any atom is -0.480 e. The molecule has 0 bridgehead atoms. The summed E-state index contributed by atoms with van der Waals surface area (Å²) in [5.74, 6) is -1.76. The van der Waals surface area contributed by atoms with Crippen LogP contribution in [-0.4, -0.2) is 46.2 Å². The first-order valence-electron chi connectivity index (χ1n) is 8.20. The van der Waals surface area contributed by atoms with Crippen molar-refractivity contribution in [3.8, 4) is 0 Å². The van der Waals surface area contributed by atoms with Crippen LogP contribution >= 0.6 is 0 Å². The van der Waals surface area contributed by atoms with Crippen LogP contribution in [-0.2, 0) is 20.7 Å². The van der Waals surface area contributed by atoms with Crippen LogP contribution in [0.3, 0.4) is 0 Å². The number of alkyl carbamates (subject to hydrolysis) is 1. The number of carboxylic acids is 1. The number of aromatic amines is 1. The summed E-state index contributed by atoms with van der Waals surface area (Å²) >= 11 is 0. The van der Waals surface area contributed by atoms with Crippen LogP contribution in [0.4, 0.5) is 4.79 Å². The van der Waals surface area contributed by atoms with Crippen LogP contribution in [0.15, 0.2) is 30.5 Å². The molecule has 1 heterocycles. The van der Waals surface area contributed by atoms with E-state index in [0.29, 0.717) is 0 Å². The zero-order chi connectivity index (χ0) is 19.3. The lowest BCUT2D eigenvalue weighted by atomic mass is 10.0. The van der Waals surface area contributed by atoms with Crippen molar-refractivity contribution in [2.45, 2.75) is 38.8 Å². The number of amides is 2. The number of aliphatic carboxylic acids is 1. The number of hydrogen-bond acceptors (Lipinski definition) is 4.